The predicted octanol–water partition coefficient (Wildman–Crippen LogP) is 1.92. The number of anilines is 2. The van der Waals surface area contributed by atoms with Crippen molar-refractivity contribution in [2.75, 3.05) is 11.1 Å². The molecule has 0 amide bonds. The van der Waals surface area contributed by atoms with Gasteiger partial charge in [0, 0.05) is 0 Å². The highest BCUT2D eigenvalue weighted by molar-refractivity contribution is 6.34. The molecule has 0 aliphatic rings. The van der Waals surface area contributed by atoms with E-state index >= 15 is 0 Å². The molecule has 0 aromatic carbocycles. The van der Waals surface area contributed by atoms with Crippen molar-refractivity contribution < 1.29 is 0 Å². The molecule has 1 heterocycles. The molecule has 4 nitrogen and oxygen atoms in total. The summed E-state index contributed by atoms with van der Waals surface area (Å²) in [5.41, 5.74) is 5.89. The number of aromatic nitrogens is 2. The molecule has 6 heteroatoms. The minimum absolute atomic E-state index is 0.0205. The maximum Gasteiger partial charge on any atom is 0.225 e. The number of hydrogen-bond acceptors (Lipinski definition) is 4. The van der Waals surface area contributed by atoms with E-state index in [-0.39, 0.29) is 16.3 Å². The Labute approximate surface area is 79.4 Å². The Balaban J connectivity index is 3.18. The smallest absolute Gasteiger partial charge is 0.225 e. The molecule has 0 aliphatic carbocycles. The Morgan fingerprint density at radius 1 is 1.42 bits per heavy atom. The molecule has 0 saturated heterocycles. The first-order chi connectivity index (χ1) is 5.65. The van der Waals surface area contributed by atoms with Crippen molar-refractivity contribution in [1.82, 2.24) is 9.97 Å². The average molecular weight is 205 g/mol. The summed E-state index contributed by atoms with van der Waals surface area (Å²) in [4.78, 5) is 7.37. The molecule has 1 rings (SSSR count). The van der Waals surface area contributed by atoms with E-state index in [0.29, 0.717) is 5.69 Å². The number of nitrogens with two attached hydrogens (primary N) is 1. The molecule has 0 aliphatic heterocycles. The van der Waals surface area contributed by atoms with Gasteiger partial charge in [-0.1, -0.05) is 18.2 Å². The lowest BCUT2D eigenvalue weighted by Gasteiger charge is -2.05. The van der Waals surface area contributed by atoms with Crippen molar-refractivity contribution in [3.63, 3.8) is 0 Å². The van der Waals surface area contributed by atoms with Crippen molar-refractivity contribution in [1.29, 1.82) is 0 Å². The summed E-state index contributed by atoms with van der Waals surface area (Å²) in [6, 6.07) is 0. The number of rotatable bonds is 2. The van der Waals surface area contributed by atoms with Crippen LogP contribution >= 0.6 is 23.2 Å². The Morgan fingerprint density at radius 3 is 2.58 bits per heavy atom. The van der Waals surface area contributed by atoms with E-state index < -0.39 is 0 Å². The molecule has 0 unspecified atom stereocenters. The lowest BCUT2D eigenvalue weighted by Crippen LogP contribution is -2.00. The van der Waals surface area contributed by atoms with Gasteiger partial charge in [-0.05, 0) is 17.8 Å². The van der Waals surface area contributed by atoms with Gasteiger partial charge in [-0.3, -0.25) is 0 Å². The second kappa shape index (κ2) is 3.60. The van der Waals surface area contributed by atoms with E-state index in [4.69, 9.17) is 28.9 Å². The summed E-state index contributed by atoms with van der Waals surface area (Å²) in [6.07, 6.45) is 1.43. The molecule has 0 atom stereocenters. The second-order valence-electron chi connectivity index (χ2n) is 1.89. The Bertz CT molecular complexity index is 289. The molecule has 0 spiro atoms. The van der Waals surface area contributed by atoms with Crippen LogP contribution in [0.4, 0.5) is 11.5 Å². The van der Waals surface area contributed by atoms with Gasteiger partial charge < -0.3 is 11.1 Å². The first-order valence-corrected chi connectivity index (χ1v) is 3.76. The minimum atomic E-state index is 0.0205. The van der Waals surface area contributed by atoms with Gasteiger partial charge >= 0.3 is 0 Å². The van der Waals surface area contributed by atoms with Crippen molar-refractivity contribution >= 4 is 34.7 Å². The monoisotopic (exact) mass is 204 g/mol. The van der Waals surface area contributed by atoms with Gasteiger partial charge in [0.05, 0.1) is 0 Å². The van der Waals surface area contributed by atoms with E-state index in [1.165, 1.54) is 6.20 Å². The number of nitrogens with one attached hydrogen (secondary N) is 1. The van der Waals surface area contributed by atoms with E-state index in [0.717, 1.165) is 0 Å². The standard InChI is InChI=1S/C6H6Cl2N4/c1-2-10-3-4(7)11-6(8)12-5(3)9/h2,10H,1H2,(H2,9,11,12). The molecule has 0 radical (unpaired) electrons. The Kier molecular flexibility index (Phi) is 2.73. The van der Waals surface area contributed by atoms with Crippen LogP contribution in [0, 0.1) is 0 Å². The van der Waals surface area contributed by atoms with E-state index in [1.54, 1.807) is 0 Å². The van der Waals surface area contributed by atoms with Crippen molar-refractivity contribution in [2.24, 2.45) is 0 Å². The van der Waals surface area contributed by atoms with Crippen molar-refractivity contribution in [2.45, 2.75) is 0 Å². The fourth-order valence-electron chi connectivity index (χ4n) is 0.658. The highest BCUT2D eigenvalue weighted by Gasteiger charge is 2.07. The van der Waals surface area contributed by atoms with Gasteiger partial charge in [-0.15, -0.1) is 0 Å². The number of nitrogens with zero attached hydrogens (tertiary/aromatic N) is 2. The van der Waals surface area contributed by atoms with Crippen LogP contribution in [0.5, 0.6) is 0 Å². The lowest BCUT2D eigenvalue weighted by molar-refractivity contribution is 1.18. The summed E-state index contributed by atoms with van der Waals surface area (Å²) in [5, 5.41) is 2.89. The van der Waals surface area contributed by atoms with E-state index in [2.05, 4.69) is 21.9 Å². The largest absolute Gasteiger partial charge is 0.382 e. The normalized spacial score (nSPS) is 9.50. The van der Waals surface area contributed by atoms with Crippen LogP contribution in [0.15, 0.2) is 12.8 Å². The third kappa shape index (κ3) is 1.78. The quantitative estimate of drug-likeness (QED) is 0.571. The lowest BCUT2D eigenvalue weighted by atomic mass is 10.5. The van der Waals surface area contributed by atoms with Gasteiger partial charge in [-0.2, -0.15) is 4.98 Å². The maximum atomic E-state index is 5.69. The zero-order valence-electron chi connectivity index (χ0n) is 6.01. The van der Waals surface area contributed by atoms with E-state index in [9.17, 15) is 0 Å². The Hall–Kier alpha value is -1.00. The predicted molar refractivity (Wildman–Crippen MR) is 50.3 cm³/mol. The molecule has 3 N–H and O–H groups in total. The summed E-state index contributed by atoms with van der Waals surface area (Å²) in [5.74, 6) is 0.194. The second-order valence-corrected chi connectivity index (χ2v) is 2.59. The zero-order valence-corrected chi connectivity index (χ0v) is 7.52. The molecule has 0 saturated carbocycles. The van der Waals surface area contributed by atoms with Crippen molar-refractivity contribution in [3.8, 4) is 0 Å². The highest BCUT2D eigenvalue weighted by atomic mass is 35.5. The van der Waals surface area contributed by atoms with Gasteiger partial charge in [0.1, 0.15) is 5.69 Å². The van der Waals surface area contributed by atoms with Crippen LogP contribution in [-0.2, 0) is 0 Å². The van der Waals surface area contributed by atoms with Crippen LogP contribution in [-0.4, -0.2) is 9.97 Å². The van der Waals surface area contributed by atoms with Crippen LogP contribution in [0.3, 0.4) is 0 Å². The molecule has 0 bridgehead atoms. The molecular weight excluding hydrogens is 199 g/mol. The van der Waals surface area contributed by atoms with Crippen LogP contribution in [0.1, 0.15) is 0 Å². The van der Waals surface area contributed by atoms with Crippen molar-refractivity contribution in [3.05, 3.63) is 23.2 Å². The van der Waals surface area contributed by atoms with Crippen LogP contribution < -0.4 is 11.1 Å². The summed E-state index contributed by atoms with van der Waals surface area (Å²) >= 11 is 11.2. The van der Waals surface area contributed by atoms with Crippen LogP contribution in [0.25, 0.3) is 0 Å². The molecule has 12 heavy (non-hydrogen) atoms. The SMILES string of the molecule is C=CNc1c(N)nc(Cl)nc1Cl. The summed E-state index contributed by atoms with van der Waals surface area (Å²) < 4.78 is 0. The molecule has 1 aromatic rings. The number of hydrogen-bond donors (Lipinski definition) is 2. The molecule has 0 fully saturated rings. The summed E-state index contributed by atoms with van der Waals surface area (Å²) in [6.45, 7) is 3.45. The number of halogens is 2. The van der Waals surface area contributed by atoms with Gasteiger partial charge in [0.25, 0.3) is 0 Å². The van der Waals surface area contributed by atoms with E-state index in [1.807, 2.05) is 0 Å². The third-order valence-electron chi connectivity index (χ3n) is 1.11. The molecule has 1 aromatic heterocycles. The Morgan fingerprint density at radius 2 is 2.08 bits per heavy atom. The topological polar surface area (TPSA) is 63.8 Å². The highest BCUT2D eigenvalue weighted by Crippen LogP contribution is 2.25. The number of nitrogen functional groups attached to an aromatic ring is 1. The molecular formula is C6H6Cl2N4. The molecule has 64 valence electrons. The van der Waals surface area contributed by atoms with Gasteiger partial charge in [0.15, 0.2) is 11.0 Å². The van der Waals surface area contributed by atoms with Gasteiger partial charge in [0.2, 0.25) is 5.28 Å². The minimum Gasteiger partial charge on any atom is -0.382 e. The fourth-order valence-corrected chi connectivity index (χ4v) is 1.11. The summed E-state index contributed by atoms with van der Waals surface area (Å²) in [7, 11) is 0. The average Bonchev–Trinajstić information content (AvgIpc) is 1.96. The fraction of sp³-hybridized carbons (Fsp3) is 0. The third-order valence-corrected chi connectivity index (χ3v) is 1.55. The first kappa shape index (κ1) is 9.09. The first-order valence-electron chi connectivity index (χ1n) is 3.01. The van der Waals surface area contributed by atoms with Crippen LogP contribution in [0.2, 0.25) is 10.4 Å². The maximum absolute atomic E-state index is 5.69. The zero-order chi connectivity index (χ0) is 9.14. The van der Waals surface area contributed by atoms with Gasteiger partial charge in [-0.25, -0.2) is 4.98 Å².